The lowest BCUT2D eigenvalue weighted by molar-refractivity contribution is 0.0697. The molecule has 10 heteroatoms. The quantitative estimate of drug-likeness (QED) is 0.214. The minimum Gasteiger partial charge on any atom is -0.478 e. The van der Waals surface area contributed by atoms with E-state index in [9.17, 15) is 18.7 Å². The Balaban J connectivity index is 1.40. The summed E-state index contributed by atoms with van der Waals surface area (Å²) in [7, 11) is 1.55. The molecule has 5 aromatic rings. The molecule has 0 fully saturated rings. The molecule has 1 N–H and O–H groups in total. The predicted octanol–water partition coefficient (Wildman–Crippen LogP) is 6.34. The minimum atomic E-state index is -1.06. The van der Waals surface area contributed by atoms with E-state index in [2.05, 4.69) is 9.97 Å². The predicted molar refractivity (Wildman–Crippen MR) is 146 cm³/mol. The fourth-order valence-corrected chi connectivity index (χ4v) is 4.51. The molecule has 0 bridgehead atoms. The van der Waals surface area contributed by atoms with E-state index < -0.39 is 23.4 Å². The van der Waals surface area contributed by atoms with E-state index in [0.717, 1.165) is 17.7 Å². The first-order valence-electron chi connectivity index (χ1n) is 12.8. The topological polar surface area (TPSA) is 86.5 Å². The molecule has 2 heterocycles. The van der Waals surface area contributed by atoms with Gasteiger partial charge in [0, 0.05) is 43.3 Å². The lowest BCUT2D eigenvalue weighted by Crippen LogP contribution is -2.10. The first-order valence-corrected chi connectivity index (χ1v) is 12.8. The normalized spacial score (nSPS) is 11.2. The van der Waals surface area contributed by atoms with Crippen LogP contribution in [0.4, 0.5) is 13.2 Å². The fraction of sp³-hybridized carbons (Fsp3) is 0.194. The van der Waals surface area contributed by atoms with Crippen LogP contribution in [-0.4, -0.2) is 39.3 Å². The van der Waals surface area contributed by atoms with Gasteiger partial charge >= 0.3 is 5.97 Å². The van der Waals surface area contributed by atoms with Gasteiger partial charge in [-0.2, -0.15) is 0 Å². The van der Waals surface area contributed by atoms with Crippen LogP contribution in [0.3, 0.4) is 0 Å². The molecule has 0 saturated carbocycles. The standard InChI is InChI=1S/C31H26F3N3O4/c1-18-3-4-22(24(33)11-18)17-41-30-16-23(32)15-27(36-30)20-6-5-19(25(34)12-20)14-29-35-26-8-7-21(31(38)39)13-28(26)37(29)9-10-40-2/h3-8,11-13,15-16H,9-10,14,17H2,1-2H3,(H,38,39). The van der Waals surface area contributed by atoms with Crippen molar-refractivity contribution in [3.63, 3.8) is 0 Å². The van der Waals surface area contributed by atoms with Crippen molar-refractivity contribution in [2.24, 2.45) is 0 Å². The number of nitrogens with zero attached hydrogens (tertiary/aromatic N) is 3. The number of benzene rings is 3. The lowest BCUT2D eigenvalue weighted by Gasteiger charge is -2.11. The van der Waals surface area contributed by atoms with Crippen LogP contribution >= 0.6 is 0 Å². The average Bonchev–Trinajstić information content (AvgIpc) is 3.28. The number of fused-ring (bicyclic) bond motifs is 1. The molecule has 0 atom stereocenters. The molecule has 7 nitrogen and oxygen atoms in total. The summed E-state index contributed by atoms with van der Waals surface area (Å²) in [6, 6.07) is 16.0. The Bertz CT molecular complexity index is 1750. The van der Waals surface area contributed by atoms with Crippen LogP contribution < -0.4 is 4.74 Å². The number of aromatic nitrogens is 3. The summed E-state index contributed by atoms with van der Waals surface area (Å²) >= 11 is 0. The average molecular weight is 562 g/mol. The molecule has 41 heavy (non-hydrogen) atoms. The maximum atomic E-state index is 15.3. The Morgan fingerprint density at radius 2 is 1.71 bits per heavy atom. The molecule has 210 valence electrons. The molecule has 0 spiro atoms. The number of hydrogen-bond acceptors (Lipinski definition) is 5. The third-order valence-electron chi connectivity index (χ3n) is 6.64. The molecule has 0 radical (unpaired) electrons. The number of hydrogen-bond donors (Lipinski definition) is 1. The van der Waals surface area contributed by atoms with Crippen LogP contribution in [0.15, 0.2) is 66.7 Å². The van der Waals surface area contributed by atoms with E-state index in [0.29, 0.717) is 46.7 Å². The van der Waals surface area contributed by atoms with Crippen LogP contribution in [-0.2, 0) is 24.3 Å². The Morgan fingerprint density at radius 1 is 0.927 bits per heavy atom. The van der Waals surface area contributed by atoms with Crippen LogP contribution in [0.5, 0.6) is 5.88 Å². The fourth-order valence-electron chi connectivity index (χ4n) is 4.51. The summed E-state index contributed by atoms with van der Waals surface area (Å²) < 4.78 is 56.5. The molecule has 3 aromatic carbocycles. The number of imidazole rings is 1. The summed E-state index contributed by atoms with van der Waals surface area (Å²) in [5.41, 5.74) is 3.20. The largest absolute Gasteiger partial charge is 0.478 e. The summed E-state index contributed by atoms with van der Waals surface area (Å²) in [4.78, 5) is 20.4. The summed E-state index contributed by atoms with van der Waals surface area (Å²) in [5, 5.41) is 9.39. The number of carbonyl (C=O) groups is 1. The highest BCUT2D eigenvalue weighted by molar-refractivity contribution is 5.92. The number of aromatic carboxylic acids is 1. The van der Waals surface area contributed by atoms with Crippen molar-refractivity contribution in [1.29, 1.82) is 0 Å². The van der Waals surface area contributed by atoms with Crippen LogP contribution in [0.25, 0.3) is 22.3 Å². The summed E-state index contributed by atoms with van der Waals surface area (Å²) in [6.07, 6.45) is 0.125. The zero-order chi connectivity index (χ0) is 29.1. The number of carboxylic acids is 1. The SMILES string of the molecule is COCCn1c(Cc2ccc(-c3cc(F)cc(OCc4ccc(C)cc4F)n3)cc2F)nc2ccc(C(=O)O)cc21. The molecule has 0 unspecified atom stereocenters. The van der Waals surface area contributed by atoms with Gasteiger partial charge < -0.3 is 19.1 Å². The van der Waals surface area contributed by atoms with E-state index in [-0.39, 0.29) is 30.2 Å². The first kappa shape index (κ1) is 27.9. The zero-order valence-electron chi connectivity index (χ0n) is 22.3. The van der Waals surface area contributed by atoms with Gasteiger partial charge in [0.15, 0.2) is 0 Å². The highest BCUT2D eigenvalue weighted by Gasteiger charge is 2.17. The molecule has 0 aliphatic carbocycles. The van der Waals surface area contributed by atoms with E-state index in [1.54, 1.807) is 44.4 Å². The van der Waals surface area contributed by atoms with E-state index >= 15 is 4.39 Å². The number of rotatable bonds is 10. The van der Waals surface area contributed by atoms with Crippen molar-refractivity contribution in [2.75, 3.05) is 13.7 Å². The lowest BCUT2D eigenvalue weighted by atomic mass is 10.1. The Kier molecular flexibility index (Phi) is 8.02. The second kappa shape index (κ2) is 11.8. The van der Waals surface area contributed by atoms with Crippen LogP contribution in [0.2, 0.25) is 0 Å². The molecular formula is C31H26F3N3O4. The Labute approximate surface area is 233 Å². The number of halogens is 3. The van der Waals surface area contributed by atoms with Crippen molar-refractivity contribution >= 4 is 17.0 Å². The first-order chi connectivity index (χ1) is 19.7. The molecule has 2 aromatic heterocycles. The number of pyridine rings is 1. The molecule has 0 aliphatic heterocycles. The number of ether oxygens (including phenoxy) is 2. The van der Waals surface area contributed by atoms with Gasteiger partial charge in [0.05, 0.1) is 28.9 Å². The van der Waals surface area contributed by atoms with E-state index in [1.165, 1.54) is 24.3 Å². The summed E-state index contributed by atoms with van der Waals surface area (Å²) in [5.74, 6) is -2.19. The van der Waals surface area contributed by atoms with Crippen molar-refractivity contribution in [1.82, 2.24) is 14.5 Å². The van der Waals surface area contributed by atoms with Crippen molar-refractivity contribution in [3.8, 4) is 17.1 Å². The molecule has 0 aliphatic rings. The number of methoxy groups -OCH3 is 1. The maximum Gasteiger partial charge on any atom is 0.335 e. The molecular weight excluding hydrogens is 535 g/mol. The second-order valence-corrected chi connectivity index (χ2v) is 9.56. The summed E-state index contributed by atoms with van der Waals surface area (Å²) in [6.45, 7) is 2.37. The maximum absolute atomic E-state index is 15.3. The Hall–Kier alpha value is -4.70. The van der Waals surface area contributed by atoms with Gasteiger partial charge in [0.1, 0.15) is 29.9 Å². The van der Waals surface area contributed by atoms with Gasteiger partial charge in [-0.3, -0.25) is 0 Å². The highest BCUT2D eigenvalue weighted by Crippen LogP contribution is 2.27. The van der Waals surface area contributed by atoms with E-state index in [1.807, 2.05) is 4.57 Å². The number of carboxylic acid groups (broad SMARTS) is 1. The van der Waals surface area contributed by atoms with Gasteiger partial charge in [0.25, 0.3) is 0 Å². The minimum absolute atomic E-state index is 0.0583. The van der Waals surface area contributed by atoms with Gasteiger partial charge in [0.2, 0.25) is 5.88 Å². The monoisotopic (exact) mass is 561 g/mol. The zero-order valence-corrected chi connectivity index (χ0v) is 22.3. The Morgan fingerprint density at radius 3 is 2.44 bits per heavy atom. The van der Waals surface area contributed by atoms with Crippen molar-refractivity contribution in [3.05, 3.63) is 112 Å². The van der Waals surface area contributed by atoms with Gasteiger partial charge in [-0.15, -0.1) is 0 Å². The van der Waals surface area contributed by atoms with Gasteiger partial charge in [-0.1, -0.05) is 24.3 Å². The number of aryl methyl sites for hydroxylation is 1. The highest BCUT2D eigenvalue weighted by atomic mass is 19.1. The molecule has 0 saturated heterocycles. The van der Waals surface area contributed by atoms with Gasteiger partial charge in [-0.25, -0.2) is 27.9 Å². The van der Waals surface area contributed by atoms with Crippen LogP contribution in [0, 0.1) is 24.4 Å². The van der Waals surface area contributed by atoms with Crippen LogP contribution in [0.1, 0.15) is 32.9 Å². The third kappa shape index (κ3) is 6.22. The van der Waals surface area contributed by atoms with Crippen molar-refractivity contribution in [2.45, 2.75) is 26.5 Å². The molecule has 5 rings (SSSR count). The van der Waals surface area contributed by atoms with E-state index in [4.69, 9.17) is 9.47 Å². The second-order valence-electron chi connectivity index (χ2n) is 9.56. The third-order valence-corrected chi connectivity index (χ3v) is 6.64. The smallest absolute Gasteiger partial charge is 0.335 e. The van der Waals surface area contributed by atoms with Gasteiger partial charge in [-0.05, 0) is 48.4 Å². The molecule has 0 amide bonds. The van der Waals surface area contributed by atoms with Crippen molar-refractivity contribution < 1.29 is 32.5 Å².